The van der Waals surface area contributed by atoms with Crippen molar-refractivity contribution in [1.82, 2.24) is 0 Å². The van der Waals surface area contributed by atoms with Gasteiger partial charge in [0.2, 0.25) is 0 Å². The maximum Gasteiger partial charge on any atom is 0.123 e. The van der Waals surface area contributed by atoms with Crippen molar-refractivity contribution < 1.29 is 23.3 Å². The fraction of sp³-hybridized carbons (Fsp3) is 0.600. The lowest BCUT2D eigenvalue weighted by Crippen LogP contribution is -2.19. The topological polar surface area (TPSA) is 62.9 Å². The highest BCUT2D eigenvalue weighted by Crippen LogP contribution is 2.11. The van der Waals surface area contributed by atoms with Crippen LogP contribution < -0.4 is 5.73 Å². The molecule has 0 spiro atoms. The van der Waals surface area contributed by atoms with Crippen LogP contribution in [0.15, 0.2) is 24.3 Å². The zero-order valence-electron chi connectivity index (χ0n) is 12.4. The Morgan fingerprint density at radius 1 is 1.00 bits per heavy atom. The third-order valence-electron chi connectivity index (χ3n) is 2.75. The van der Waals surface area contributed by atoms with Crippen molar-refractivity contribution in [2.24, 2.45) is 5.73 Å². The van der Waals surface area contributed by atoms with E-state index in [0.717, 1.165) is 5.56 Å². The molecule has 0 aromatic heterocycles. The molecule has 0 aliphatic heterocycles. The first-order chi connectivity index (χ1) is 10.2. The summed E-state index contributed by atoms with van der Waals surface area (Å²) < 4.78 is 33.8. The quantitative estimate of drug-likeness (QED) is 0.593. The van der Waals surface area contributed by atoms with Crippen molar-refractivity contribution in [3.8, 4) is 0 Å². The van der Waals surface area contributed by atoms with Gasteiger partial charge in [-0.05, 0) is 17.7 Å². The van der Waals surface area contributed by atoms with Crippen LogP contribution in [0.5, 0.6) is 0 Å². The van der Waals surface area contributed by atoms with Crippen LogP contribution >= 0.6 is 0 Å². The number of hydrogen-bond acceptors (Lipinski definition) is 5. The SMILES string of the molecule is COCCOCCOCCOCC(N)c1cccc(F)c1. The highest BCUT2D eigenvalue weighted by molar-refractivity contribution is 5.19. The van der Waals surface area contributed by atoms with E-state index in [1.807, 2.05) is 0 Å². The molecule has 5 nitrogen and oxygen atoms in total. The number of benzene rings is 1. The van der Waals surface area contributed by atoms with E-state index in [-0.39, 0.29) is 11.9 Å². The Balaban J connectivity index is 1.96. The van der Waals surface area contributed by atoms with Gasteiger partial charge in [-0.15, -0.1) is 0 Å². The third-order valence-corrected chi connectivity index (χ3v) is 2.75. The molecular weight excluding hydrogens is 277 g/mol. The molecule has 1 rings (SSSR count). The van der Waals surface area contributed by atoms with Crippen molar-refractivity contribution in [2.75, 3.05) is 53.4 Å². The van der Waals surface area contributed by atoms with Gasteiger partial charge in [0, 0.05) is 7.11 Å². The van der Waals surface area contributed by atoms with Crippen molar-refractivity contribution in [3.63, 3.8) is 0 Å². The lowest BCUT2D eigenvalue weighted by Gasteiger charge is -2.13. The van der Waals surface area contributed by atoms with E-state index in [2.05, 4.69) is 0 Å². The van der Waals surface area contributed by atoms with Crippen LogP contribution in [-0.2, 0) is 18.9 Å². The zero-order valence-corrected chi connectivity index (χ0v) is 12.4. The van der Waals surface area contributed by atoms with Crippen molar-refractivity contribution in [2.45, 2.75) is 6.04 Å². The van der Waals surface area contributed by atoms with Crippen LogP contribution in [-0.4, -0.2) is 53.4 Å². The van der Waals surface area contributed by atoms with Crippen LogP contribution in [0.2, 0.25) is 0 Å². The first-order valence-corrected chi connectivity index (χ1v) is 6.97. The van der Waals surface area contributed by atoms with Gasteiger partial charge in [0.1, 0.15) is 5.82 Å². The Morgan fingerprint density at radius 2 is 1.62 bits per heavy atom. The predicted octanol–water partition coefficient (Wildman–Crippen LogP) is 1.52. The molecule has 0 radical (unpaired) electrons. The molecule has 0 heterocycles. The number of ether oxygens (including phenoxy) is 4. The molecule has 120 valence electrons. The first kappa shape index (κ1) is 18.0. The minimum Gasteiger partial charge on any atom is -0.382 e. The fourth-order valence-corrected chi connectivity index (χ4v) is 1.63. The van der Waals surface area contributed by atoms with E-state index in [1.165, 1.54) is 12.1 Å². The number of methoxy groups -OCH3 is 1. The van der Waals surface area contributed by atoms with Gasteiger partial charge in [0.25, 0.3) is 0 Å². The van der Waals surface area contributed by atoms with Gasteiger partial charge in [-0.25, -0.2) is 4.39 Å². The number of nitrogens with two attached hydrogens (primary N) is 1. The molecule has 0 saturated carbocycles. The van der Waals surface area contributed by atoms with Gasteiger partial charge >= 0.3 is 0 Å². The van der Waals surface area contributed by atoms with Crippen molar-refractivity contribution in [1.29, 1.82) is 0 Å². The predicted molar refractivity (Wildman–Crippen MR) is 77.7 cm³/mol. The summed E-state index contributed by atoms with van der Waals surface area (Å²) in [5, 5.41) is 0. The van der Waals surface area contributed by atoms with E-state index in [9.17, 15) is 4.39 Å². The number of halogens is 1. The van der Waals surface area contributed by atoms with Crippen molar-refractivity contribution in [3.05, 3.63) is 35.6 Å². The maximum atomic E-state index is 13.0. The second-order valence-electron chi connectivity index (χ2n) is 4.45. The Bertz CT molecular complexity index is 378. The Morgan fingerprint density at radius 3 is 2.24 bits per heavy atom. The average Bonchev–Trinajstić information content (AvgIpc) is 2.49. The number of hydrogen-bond donors (Lipinski definition) is 1. The van der Waals surface area contributed by atoms with Gasteiger partial charge in [-0.2, -0.15) is 0 Å². The van der Waals surface area contributed by atoms with Crippen LogP contribution in [0.25, 0.3) is 0 Å². The standard InChI is InChI=1S/C15H24FNO4/c1-18-5-6-19-7-8-20-9-10-21-12-15(17)13-3-2-4-14(16)11-13/h2-4,11,15H,5-10,12,17H2,1H3. The molecule has 21 heavy (non-hydrogen) atoms. The summed E-state index contributed by atoms with van der Waals surface area (Å²) in [5.41, 5.74) is 6.63. The Labute approximate surface area is 125 Å². The molecule has 0 amide bonds. The summed E-state index contributed by atoms with van der Waals surface area (Å²) in [6, 6.07) is 5.89. The molecule has 6 heteroatoms. The summed E-state index contributed by atoms with van der Waals surface area (Å²) in [6.07, 6.45) is 0. The van der Waals surface area contributed by atoms with Gasteiger partial charge in [-0.1, -0.05) is 12.1 Å². The molecule has 1 aromatic rings. The lowest BCUT2D eigenvalue weighted by molar-refractivity contribution is 0.00194. The summed E-state index contributed by atoms with van der Waals surface area (Å²) in [4.78, 5) is 0. The molecule has 0 aliphatic carbocycles. The molecule has 1 aromatic carbocycles. The van der Waals surface area contributed by atoms with E-state index in [0.29, 0.717) is 46.2 Å². The molecule has 0 bridgehead atoms. The second-order valence-corrected chi connectivity index (χ2v) is 4.45. The Kier molecular flexibility index (Phi) is 9.94. The van der Waals surface area contributed by atoms with E-state index in [1.54, 1.807) is 19.2 Å². The second kappa shape index (κ2) is 11.6. The molecule has 0 saturated heterocycles. The van der Waals surface area contributed by atoms with Crippen molar-refractivity contribution >= 4 is 0 Å². The summed E-state index contributed by atoms with van der Waals surface area (Å²) >= 11 is 0. The fourth-order valence-electron chi connectivity index (χ4n) is 1.63. The Hall–Kier alpha value is -1.05. The normalized spacial score (nSPS) is 12.5. The van der Waals surface area contributed by atoms with Gasteiger partial charge in [0.05, 0.1) is 52.3 Å². The average molecular weight is 301 g/mol. The van der Waals surface area contributed by atoms with Gasteiger partial charge in [-0.3, -0.25) is 0 Å². The smallest absolute Gasteiger partial charge is 0.123 e. The third kappa shape index (κ3) is 8.75. The van der Waals surface area contributed by atoms with Crippen LogP contribution in [0, 0.1) is 5.82 Å². The van der Waals surface area contributed by atoms with E-state index < -0.39 is 0 Å². The van der Waals surface area contributed by atoms with Crippen LogP contribution in [0.1, 0.15) is 11.6 Å². The van der Waals surface area contributed by atoms with Crippen LogP contribution in [0.3, 0.4) is 0 Å². The minimum atomic E-state index is -0.335. The molecular formula is C15H24FNO4. The first-order valence-electron chi connectivity index (χ1n) is 6.97. The number of rotatable bonds is 12. The molecule has 1 unspecified atom stereocenters. The molecule has 1 atom stereocenters. The lowest BCUT2D eigenvalue weighted by atomic mass is 10.1. The summed E-state index contributed by atoms with van der Waals surface area (Å²) in [7, 11) is 1.63. The largest absolute Gasteiger partial charge is 0.382 e. The van der Waals surface area contributed by atoms with E-state index in [4.69, 9.17) is 24.7 Å². The minimum absolute atomic E-state index is 0.292. The molecule has 0 fully saturated rings. The van der Waals surface area contributed by atoms with Crippen LogP contribution in [0.4, 0.5) is 4.39 Å². The monoisotopic (exact) mass is 301 g/mol. The van der Waals surface area contributed by atoms with Gasteiger partial charge < -0.3 is 24.7 Å². The van der Waals surface area contributed by atoms with Gasteiger partial charge in [0.15, 0.2) is 0 Å². The maximum absolute atomic E-state index is 13.0. The summed E-state index contributed by atoms with van der Waals surface area (Å²) in [6.45, 7) is 3.46. The van der Waals surface area contributed by atoms with E-state index >= 15 is 0 Å². The highest BCUT2D eigenvalue weighted by Gasteiger charge is 2.06. The molecule has 2 N–H and O–H groups in total. The molecule has 0 aliphatic rings. The summed E-state index contributed by atoms with van der Waals surface area (Å²) in [5.74, 6) is -0.292. The highest BCUT2D eigenvalue weighted by atomic mass is 19.1. The zero-order chi connectivity index (χ0) is 15.3.